The van der Waals surface area contributed by atoms with Crippen molar-refractivity contribution < 1.29 is 14.7 Å². The minimum absolute atomic E-state index is 0.114. The van der Waals surface area contributed by atoms with Crippen LogP contribution in [0.2, 0.25) is 0 Å². The molecule has 1 atom stereocenters. The molecule has 1 saturated heterocycles. The van der Waals surface area contributed by atoms with E-state index in [9.17, 15) is 9.59 Å². The van der Waals surface area contributed by atoms with Gasteiger partial charge in [-0.2, -0.15) is 0 Å². The molecule has 0 saturated carbocycles. The van der Waals surface area contributed by atoms with E-state index in [0.29, 0.717) is 6.54 Å². The van der Waals surface area contributed by atoms with E-state index in [4.69, 9.17) is 5.11 Å². The fraction of sp³-hybridized carbons (Fsp3) is 0.846. The molecule has 1 N–H and O–H groups in total. The molecule has 18 heavy (non-hydrogen) atoms. The molecular formula is C13H24N2O3. The number of likely N-dealkylation sites (N-methyl/N-ethyl adjacent to an activating group) is 1. The summed E-state index contributed by atoms with van der Waals surface area (Å²) in [6.07, 6.45) is 1.75. The minimum atomic E-state index is -1.34. The average Bonchev–Trinajstić information content (AvgIpc) is 2.49. The number of carbonyl (C=O) groups excluding carboxylic acids is 1. The van der Waals surface area contributed by atoms with Crippen LogP contribution in [0.25, 0.3) is 0 Å². The molecule has 0 aromatic carbocycles. The second-order valence-corrected chi connectivity index (χ2v) is 5.61. The molecular weight excluding hydrogens is 232 g/mol. The molecule has 1 unspecified atom stereocenters. The van der Waals surface area contributed by atoms with Gasteiger partial charge in [-0.05, 0) is 40.3 Å². The van der Waals surface area contributed by atoms with E-state index in [0.717, 1.165) is 25.9 Å². The largest absolute Gasteiger partial charge is 0.480 e. The number of nitrogens with zero attached hydrogens (tertiary/aromatic N) is 2. The molecule has 1 heterocycles. The van der Waals surface area contributed by atoms with Crippen LogP contribution in [0.4, 0.5) is 0 Å². The molecule has 5 heteroatoms. The lowest BCUT2D eigenvalue weighted by Gasteiger charge is -2.34. The van der Waals surface area contributed by atoms with Crippen molar-refractivity contribution in [3.05, 3.63) is 0 Å². The highest BCUT2D eigenvalue weighted by Crippen LogP contribution is 2.23. The first-order chi connectivity index (χ1) is 8.30. The van der Waals surface area contributed by atoms with Gasteiger partial charge in [-0.3, -0.25) is 9.59 Å². The molecule has 1 amide bonds. The maximum Gasteiger partial charge on any atom is 0.318 e. The van der Waals surface area contributed by atoms with Gasteiger partial charge in [0.05, 0.1) is 0 Å². The zero-order valence-corrected chi connectivity index (χ0v) is 11.8. The highest BCUT2D eigenvalue weighted by Gasteiger charge is 2.41. The Morgan fingerprint density at radius 1 is 1.33 bits per heavy atom. The standard InChI is InChI=1S/C13H24N2O3/c1-5-10-9-14(4)7-6-8-15(10)11(16)13(2,3)12(17)18/h10H,5-9H2,1-4H3,(H,17,18). The second kappa shape index (κ2) is 5.69. The zero-order valence-electron chi connectivity index (χ0n) is 11.8. The van der Waals surface area contributed by atoms with Crippen LogP contribution in [-0.2, 0) is 9.59 Å². The molecule has 104 valence electrons. The number of carbonyl (C=O) groups is 2. The third kappa shape index (κ3) is 3.02. The van der Waals surface area contributed by atoms with E-state index in [1.54, 1.807) is 4.90 Å². The average molecular weight is 256 g/mol. The molecule has 1 aliphatic heterocycles. The quantitative estimate of drug-likeness (QED) is 0.766. The van der Waals surface area contributed by atoms with Gasteiger partial charge in [0.2, 0.25) is 5.91 Å². The molecule has 5 nitrogen and oxygen atoms in total. The summed E-state index contributed by atoms with van der Waals surface area (Å²) in [6, 6.07) is 0.114. The minimum Gasteiger partial charge on any atom is -0.480 e. The third-order valence-electron chi connectivity index (χ3n) is 3.70. The van der Waals surface area contributed by atoms with E-state index in [1.165, 1.54) is 13.8 Å². The fourth-order valence-electron chi connectivity index (χ4n) is 2.31. The summed E-state index contributed by atoms with van der Waals surface area (Å²) in [7, 11) is 2.04. The van der Waals surface area contributed by atoms with E-state index in [1.807, 2.05) is 14.0 Å². The molecule has 0 aromatic heterocycles. The Balaban J connectivity index is 2.91. The van der Waals surface area contributed by atoms with Crippen molar-refractivity contribution in [3.8, 4) is 0 Å². The van der Waals surface area contributed by atoms with Gasteiger partial charge >= 0.3 is 5.97 Å². The van der Waals surface area contributed by atoms with Gasteiger partial charge in [-0.1, -0.05) is 6.92 Å². The molecule has 0 radical (unpaired) electrons. The van der Waals surface area contributed by atoms with Crippen molar-refractivity contribution in [3.63, 3.8) is 0 Å². The Bertz CT molecular complexity index is 328. The highest BCUT2D eigenvalue weighted by molar-refractivity contribution is 6.01. The van der Waals surface area contributed by atoms with Crippen LogP contribution in [0.3, 0.4) is 0 Å². The summed E-state index contributed by atoms with van der Waals surface area (Å²) in [6.45, 7) is 7.43. The summed E-state index contributed by atoms with van der Waals surface area (Å²) in [4.78, 5) is 27.6. The van der Waals surface area contributed by atoms with Crippen LogP contribution in [0, 0.1) is 5.41 Å². The molecule has 0 aliphatic carbocycles. The van der Waals surface area contributed by atoms with Crippen molar-refractivity contribution in [2.24, 2.45) is 5.41 Å². The Morgan fingerprint density at radius 2 is 1.94 bits per heavy atom. The van der Waals surface area contributed by atoms with E-state index in [2.05, 4.69) is 4.90 Å². The van der Waals surface area contributed by atoms with Gasteiger partial charge in [0.1, 0.15) is 5.41 Å². The van der Waals surface area contributed by atoms with Crippen molar-refractivity contribution >= 4 is 11.9 Å². The van der Waals surface area contributed by atoms with Gasteiger partial charge in [-0.25, -0.2) is 0 Å². The first kappa shape index (κ1) is 15.0. The van der Waals surface area contributed by atoms with E-state index < -0.39 is 11.4 Å². The van der Waals surface area contributed by atoms with Crippen LogP contribution in [0.1, 0.15) is 33.6 Å². The van der Waals surface area contributed by atoms with Gasteiger partial charge in [-0.15, -0.1) is 0 Å². The maximum absolute atomic E-state index is 12.4. The fourth-order valence-corrected chi connectivity index (χ4v) is 2.31. The van der Waals surface area contributed by atoms with Crippen molar-refractivity contribution in [1.82, 2.24) is 9.80 Å². The molecule has 1 fully saturated rings. The van der Waals surface area contributed by atoms with Gasteiger partial charge in [0.25, 0.3) is 0 Å². The zero-order chi connectivity index (χ0) is 13.9. The first-order valence-corrected chi connectivity index (χ1v) is 6.53. The predicted octanol–water partition coefficient (Wildman–Crippen LogP) is 1.04. The van der Waals surface area contributed by atoms with E-state index in [-0.39, 0.29) is 11.9 Å². The summed E-state index contributed by atoms with van der Waals surface area (Å²) in [5.74, 6) is -1.32. The monoisotopic (exact) mass is 256 g/mol. The third-order valence-corrected chi connectivity index (χ3v) is 3.70. The van der Waals surface area contributed by atoms with Crippen LogP contribution in [-0.4, -0.2) is 59.5 Å². The van der Waals surface area contributed by atoms with Gasteiger partial charge < -0.3 is 14.9 Å². The Morgan fingerprint density at radius 3 is 2.44 bits per heavy atom. The van der Waals surface area contributed by atoms with Crippen molar-refractivity contribution in [1.29, 1.82) is 0 Å². The van der Waals surface area contributed by atoms with E-state index >= 15 is 0 Å². The Labute approximate surface area is 109 Å². The van der Waals surface area contributed by atoms with Crippen LogP contribution in [0.15, 0.2) is 0 Å². The van der Waals surface area contributed by atoms with Crippen molar-refractivity contribution in [2.45, 2.75) is 39.7 Å². The first-order valence-electron chi connectivity index (χ1n) is 6.53. The number of aliphatic carboxylic acids is 1. The number of carboxylic acid groups (broad SMARTS) is 1. The van der Waals surface area contributed by atoms with Crippen molar-refractivity contribution in [2.75, 3.05) is 26.7 Å². The smallest absolute Gasteiger partial charge is 0.318 e. The lowest BCUT2D eigenvalue weighted by molar-refractivity contribution is -0.159. The Hall–Kier alpha value is -1.10. The number of carboxylic acids is 1. The molecule has 1 rings (SSSR count). The Kier molecular flexibility index (Phi) is 4.73. The lowest BCUT2D eigenvalue weighted by atomic mass is 9.91. The number of hydrogen-bond acceptors (Lipinski definition) is 3. The normalized spacial score (nSPS) is 22.7. The SMILES string of the molecule is CCC1CN(C)CCCN1C(=O)C(C)(C)C(=O)O. The number of amides is 1. The molecule has 1 aliphatic rings. The summed E-state index contributed by atoms with van der Waals surface area (Å²) in [5.41, 5.74) is -1.34. The summed E-state index contributed by atoms with van der Waals surface area (Å²) in [5, 5.41) is 9.17. The second-order valence-electron chi connectivity index (χ2n) is 5.61. The molecule has 0 spiro atoms. The van der Waals surface area contributed by atoms with Gasteiger partial charge in [0.15, 0.2) is 0 Å². The predicted molar refractivity (Wildman–Crippen MR) is 69.3 cm³/mol. The maximum atomic E-state index is 12.4. The molecule has 0 aromatic rings. The number of rotatable bonds is 3. The molecule has 0 bridgehead atoms. The van der Waals surface area contributed by atoms with Crippen LogP contribution < -0.4 is 0 Å². The topological polar surface area (TPSA) is 60.9 Å². The highest BCUT2D eigenvalue weighted by atomic mass is 16.4. The van der Waals surface area contributed by atoms with Crippen LogP contribution in [0.5, 0.6) is 0 Å². The van der Waals surface area contributed by atoms with Gasteiger partial charge in [0, 0.05) is 19.1 Å². The number of hydrogen-bond donors (Lipinski definition) is 1. The van der Waals surface area contributed by atoms with Crippen LogP contribution >= 0.6 is 0 Å². The summed E-state index contributed by atoms with van der Waals surface area (Å²) < 4.78 is 0. The lowest BCUT2D eigenvalue weighted by Crippen LogP contribution is -2.51. The summed E-state index contributed by atoms with van der Waals surface area (Å²) >= 11 is 0.